The molecule has 0 amide bonds. The third-order valence-electron chi connectivity index (χ3n) is 3.16. The predicted octanol–water partition coefficient (Wildman–Crippen LogP) is 2.57. The van der Waals surface area contributed by atoms with Gasteiger partial charge >= 0.3 is 0 Å². The number of nitrogens with zero attached hydrogens (tertiary/aromatic N) is 3. The minimum Gasteiger partial charge on any atom is -0.378 e. The van der Waals surface area contributed by atoms with Crippen LogP contribution in [0.5, 0.6) is 0 Å². The molecule has 1 saturated heterocycles. The standard InChI is InChI=1S/C12H13N3O4/c1-13-6-2-3-10(13)7-9-4-5-11(14(16)17)8-12(9)15(18)19/h4-5,7-8H,2-3,6H2,1H3/b10-7+. The van der Waals surface area contributed by atoms with Crippen molar-refractivity contribution in [3.8, 4) is 0 Å². The lowest BCUT2D eigenvalue weighted by Crippen LogP contribution is -2.09. The lowest BCUT2D eigenvalue weighted by molar-refractivity contribution is -0.394. The number of rotatable bonds is 3. The van der Waals surface area contributed by atoms with Crippen molar-refractivity contribution in [3.63, 3.8) is 0 Å². The molecule has 0 atom stereocenters. The van der Waals surface area contributed by atoms with Gasteiger partial charge in [0.1, 0.15) is 0 Å². The molecule has 0 aromatic heterocycles. The Morgan fingerprint density at radius 1 is 1.26 bits per heavy atom. The van der Waals surface area contributed by atoms with Crippen molar-refractivity contribution in [2.75, 3.05) is 13.6 Å². The maximum Gasteiger partial charge on any atom is 0.283 e. The molecule has 7 nitrogen and oxygen atoms in total. The van der Waals surface area contributed by atoms with Gasteiger partial charge in [-0.05, 0) is 25.0 Å². The van der Waals surface area contributed by atoms with Crippen molar-refractivity contribution < 1.29 is 9.85 Å². The highest BCUT2D eigenvalue weighted by Gasteiger charge is 2.20. The second-order valence-electron chi connectivity index (χ2n) is 4.42. The van der Waals surface area contributed by atoms with Gasteiger partial charge in [-0.15, -0.1) is 0 Å². The molecule has 1 aromatic carbocycles. The molecule has 1 aliphatic rings. The SMILES string of the molecule is CN1CCC/C1=C\c1ccc([N+](=O)[O-])cc1[N+](=O)[O-]. The summed E-state index contributed by atoms with van der Waals surface area (Å²) in [6.07, 6.45) is 3.61. The Labute approximate surface area is 109 Å². The highest BCUT2D eigenvalue weighted by Crippen LogP contribution is 2.29. The largest absolute Gasteiger partial charge is 0.378 e. The van der Waals surface area contributed by atoms with E-state index in [9.17, 15) is 20.2 Å². The summed E-state index contributed by atoms with van der Waals surface area (Å²) >= 11 is 0. The first kappa shape index (κ1) is 13.0. The highest BCUT2D eigenvalue weighted by atomic mass is 16.6. The highest BCUT2D eigenvalue weighted by molar-refractivity contribution is 5.65. The second-order valence-corrected chi connectivity index (χ2v) is 4.42. The smallest absolute Gasteiger partial charge is 0.283 e. The van der Waals surface area contributed by atoms with Gasteiger partial charge in [-0.3, -0.25) is 20.2 Å². The van der Waals surface area contributed by atoms with E-state index in [1.54, 1.807) is 6.08 Å². The molecule has 1 heterocycles. The first-order valence-electron chi connectivity index (χ1n) is 5.83. The average molecular weight is 263 g/mol. The molecule has 1 fully saturated rings. The fourth-order valence-electron chi connectivity index (χ4n) is 2.12. The van der Waals surface area contributed by atoms with Gasteiger partial charge in [0.05, 0.1) is 21.5 Å². The van der Waals surface area contributed by atoms with E-state index in [0.717, 1.165) is 31.1 Å². The lowest BCUT2D eigenvalue weighted by atomic mass is 10.1. The van der Waals surface area contributed by atoms with Crippen molar-refractivity contribution >= 4 is 17.5 Å². The Morgan fingerprint density at radius 3 is 2.53 bits per heavy atom. The van der Waals surface area contributed by atoms with Crippen molar-refractivity contribution in [2.45, 2.75) is 12.8 Å². The zero-order valence-corrected chi connectivity index (χ0v) is 10.4. The Bertz CT molecular complexity index is 568. The first-order valence-corrected chi connectivity index (χ1v) is 5.83. The van der Waals surface area contributed by atoms with Crippen LogP contribution < -0.4 is 0 Å². The summed E-state index contributed by atoms with van der Waals surface area (Å²) in [4.78, 5) is 22.4. The molecule has 0 bridgehead atoms. The molecular formula is C12H13N3O4. The van der Waals surface area contributed by atoms with Crippen molar-refractivity contribution in [1.29, 1.82) is 0 Å². The van der Waals surface area contributed by atoms with Gasteiger partial charge in [0.15, 0.2) is 0 Å². The van der Waals surface area contributed by atoms with Crippen molar-refractivity contribution in [1.82, 2.24) is 4.90 Å². The lowest BCUT2D eigenvalue weighted by Gasteiger charge is -2.12. The zero-order valence-electron chi connectivity index (χ0n) is 10.4. The van der Waals surface area contributed by atoms with E-state index in [0.29, 0.717) is 5.56 Å². The second kappa shape index (κ2) is 5.05. The van der Waals surface area contributed by atoms with Crippen LogP contribution in [0.2, 0.25) is 0 Å². The first-order chi connectivity index (χ1) is 8.99. The van der Waals surface area contributed by atoms with Gasteiger partial charge in [0.25, 0.3) is 11.4 Å². The van der Waals surface area contributed by atoms with Crippen molar-refractivity contribution in [2.24, 2.45) is 0 Å². The molecule has 100 valence electrons. The van der Waals surface area contributed by atoms with Crippen LogP contribution in [-0.4, -0.2) is 28.3 Å². The van der Waals surface area contributed by atoms with Crippen molar-refractivity contribution in [3.05, 3.63) is 49.7 Å². The van der Waals surface area contributed by atoms with E-state index in [1.165, 1.54) is 12.1 Å². The van der Waals surface area contributed by atoms with E-state index in [4.69, 9.17) is 0 Å². The molecule has 0 saturated carbocycles. The summed E-state index contributed by atoms with van der Waals surface area (Å²) in [5.74, 6) is 0. The fourth-order valence-corrected chi connectivity index (χ4v) is 2.12. The summed E-state index contributed by atoms with van der Waals surface area (Å²) in [6.45, 7) is 0.923. The van der Waals surface area contributed by atoms with E-state index in [1.807, 2.05) is 11.9 Å². The number of nitro benzene ring substituents is 2. The average Bonchev–Trinajstić information content (AvgIpc) is 2.75. The van der Waals surface area contributed by atoms with Gasteiger partial charge in [-0.25, -0.2) is 0 Å². The molecule has 0 N–H and O–H groups in total. The Hall–Kier alpha value is -2.44. The van der Waals surface area contributed by atoms with E-state index >= 15 is 0 Å². The monoisotopic (exact) mass is 263 g/mol. The minimum atomic E-state index is -0.633. The number of allylic oxidation sites excluding steroid dienone is 1. The number of hydrogen-bond acceptors (Lipinski definition) is 5. The Morgan fingerprint density at radius 2 is 2.00 bits per heavy atom. The molecule has 0 radical (unpaired) electrons. The molecule has 2 rings (SSSR count). The van der Waals surface area contributed by atoms with Crippen LogP contribution in [0.25, 0.3) is 6.08 Å². The number of nitro groups is 2. The summed E-state index contributed by atoms with van der Waals surface area (Å²) in [5, 5.41) is 21.6. The molecule has 19 heavy (non-hydrogen) atoms. The van der Waals surface area contributed by atoms with Crippen LogP contribution in [-0.2, 0) is 0 Å². The summed E-state index contributed by atoms with van der Waals surface area (Å²) < 4.78 is 0. The van der Waals surface area contributed by atoms with Gasteiger partial charge in [0.2, 0.25) is 0 Å². The maximum atomic E-state index is 11.0. The predicted molar refractivity (Wildman–Crippen MR) is 69.6 cm³/mol. The number of benzene rings is 1. The quantitative estimate of drug-likeness (QED) is 0.617. The third kappa shape index (κ3) is 2.70. The van der Waals surface area contributed by atoms with E-state index < -0.39 is 9.85 Å². The molecule has 0 unspecified atom stereocenters. The summed E-state index contributed by atoms with van der Waals surface area (Å²) in [6, 6.07) is 3.71. The molecule has 0 spiro atoms. The molecule has 7 heteroatoms. The van der Waals surface area contributed by atoms with Crippen LogP contribution in [0, 0.1) is 20.2 Å². The van der Waals surface area contributed by atoms with Crippen LogP contribution in [0.4, 0.5) is 11.4 Å². The topological polar surface area (TPSA) is 89.5 Å². The van der Waals surface area contributed by atoms with Gasteiger partial charge in [0, 0.05) is 25.4 Å². The molecule has 0 aliphatic carbocycles. The molecular weight excluding hydrogens is 250 g/mol. The van der Waals surface area contributed by atoms with Crippen LogP contribution >= 0.6 is 0 Å². The van der Waals surface area contributed by atoms with Gasteiger partial charge in [-0.2, -0.15) is 0 Å². The maximum absolute atomic E-state index is 11.0. The molecule has 1 aromatic rings. The Kier molecular flexibility index (Phi) is 3.46. The molecule has 1 aliphatic heterocycles. The van der Waals surface area contributed by atoms with Gasteiger partial charge in [-0.1, -0.05) is 0 Å². The number of likely N-dealkylation sites (tertiary alicyclic amines) is 1. The third-order valence-corrected chi connectivity index (χ3v) is 3.16. The minimum absolute atomic E-state index is 0.234. The Balaban J connectivity index is 2.45. The van der Waals surface area contributed by atoms with Crippen LogP contribution in [0.15, 0.2) is 23.9 Å². The zero-order chi connectivity index (χ0) is 14.0. The van der Waals surface area contributed by atoms with Gasteiger partial charge < -0.3 is 4.90 Å². The summed E-state index contributed by atoms with van der Waals surface area (Å²) in [7, 11) is 1.93. The van der Waals surface area contributed by atoms with E-state index in [-0.39, 0.29) is 11.4 Å². The number of hydrogen-bond donors (Lipinski definition) is 0. The fraction of sp³-hybridized carbons (Fsp3) is 0.333. The van der Waals surface area contributed by atoms with Crippen LogP contribution in [0.1, 0.15) is 18.4 Å². The van der Waals surface area contributed by atoms with E-state index in [2.05, 4.69) is 0 Å². The number of non-ortho nitro benzene ring substituents is 1. The summed E-state index contributed by atoms with van der Waals surface area (Å²) in [5.41, 5.74) is 0.909. The van der Waals surface area contributed by atoms with Crippen LogP contribution in [0.3, 0.4) is 0 Å². The normalized spacial score (nSPS) is 16.9.